The Bertz CT molecular complexity index is 382. The van der Waals surface area contributed by atoms with Crippen LogP contribution in [0.4, 0.5) is 57.1 Å². The summed E-state index contributed by atoms with van der Waals surface area (Å²) in [4.78, 5) is 0. The first-order valence-electron chi connectivity index (χ1n) is 4.56. The van der Waals surface area contributed by atoms with Gasteiger partial charge in [0.05, 0.1) is 0 Å². The molecule has 0 heterocycles. The molecule has 0 saturated carbocycles. The van der Waals surface area contributed by atoms with E-state index in [9.17, 15) is 57.1 Å². The van der Waals surface area contributed by atoms with Gasteiger partial charge < -0.3 is 6.92 Å². The summed E-state index contributed by atoms with van der Waals surface area (Å²) < 4.78 is 160. The van der Waals surface area contributed by atoms with Crippen molar-refractivity contribution in [3.05, 3.63) is 6.92 Å². The van der Waals surface area contributed by atoms with Crippen LogP contribution in [0, 0.1) is 6.92 Å². The van der Waals surface area contributed by atoms with Crippen LogP contribution < -0.4 is 18.9 Å². The van der Waals surface area contributed by atoms with E-state index >= 15 is 0 Å². The predicted molar refractivity (Wildman–Crippen MR) is 40.8 cm³/mol. The van der Waals surface area contributed by atoms with Gasteiger partial charge in [-0.3, -0.25) is 0 Å². The Morgan fingerprint density at radius 2 is 0.773 bits per heavy atom. The van der Waals surface area contributed by atoms with Crippen molar-refractivity contribution in [3.8, 4) is 0 Å². The zero-order valence-corrected chi connectivity index (χ0v) is 10.3. The summed E-state index contributed by atoms with van der Waals surface area (Å²) in [5.41, 5.74) is 0. The standard InChI is InChI=1S/C8H4F13.Li/c1-2-3(9,10)4(11,12)5(13,14)6(15,16)7(17,18)8(19,20)21;/h1-2H2;/q-1;+1. The Labute approximate surface area is 126 Å². The molecule has 128 valence electrons. The molecule has 0 aliphatic carbocycles. The summed E-state index contributed by atoms with van der Waals surface area (Å²) in [5.74, 6) is -36.5. The van der Waals surface area contributed by atoms with Gasteiger partial charge >= 0.3 is 48.7 Å². The first-order valence-corrected chi connectivity index (χ1v) is 4.56. The summed E-state index contributed by atoms with van der Waals surface area (Å²) in [6.07, 6.45) is -9.83. The maximum Gasteiger partial charge on any atom is 1.00 e. The molecular formula is C8H4F13Li. The van der Waals surface area contributed by atoms with Gasteiger partial charge in [0, 0.05) is 0 Å². The van der Waals surface area contributed by atoms with Crippen LogP contribution in [0.3, 0.4) is 0 Å². The fourth-order valence-corrected chi connectivity index (χ4v) is 0.959. The molecule has 0 aromatic rings. The Hall–Kier alpha value is -0.313. The van der Waals surface area contributed by atoms with Crippen LogP contribution in [0.1, 0.15) is 6.42 Å². The zero-order chi connectivity index (χ0) is 17.7. The van der Waals surface area contributed by atoms with E-state index < -0.39 is 42.2 Å². The summed E-state index contributed by atoms with van der Waals surface area (Å²) >= 11 is 0. The van der Waals surface area contributed by atoms with E-state index in [1.54, 1.807) is 0 Å². The minimum absolute atomic E-state index is 0. The molecule has 0 N–H and O–H groups in total. The molecule has 22 heavy (non-hydrogen) atoms. The van der Waals surface area contributed by atoms with Crippen LogP contribution in [0.25, 0.3) is 0 Å². The second kappa shape index (κ2) is 5.96. The summed E-state index contributed by atoms with van der Waals surface area (Å²) in [6, 6.07) is 0. The first kappa shape index (κ1) is 23.9. The minimum atomic E-state index is -7.83. The zero-order valence-electron chi connectivity index (χ0n) is 10.3. The van der Waals surface area contributed by atoms with Gasteiger partial charge in [0.15, 0.2) is 0 Å². The summed E-state index contributed by atoms with van der Waals surface area (Å²) in [7, 11) is 0. The van der Waals surface area contributed by atoms with Crippen LogP contribution in [0.5, 0.6) is 0 Å². The van der Waals surface area contributed by atoms with Gasteiger partial charge in [-0.15, -0.1) is 6.42 Å². The third-order valence-electron chi connectivity index (χ3n) is 2.31. The molecule has 0 rings (SSSR count). The maximum absolute atomic E-state index is 12.7. The Balaban J connectivity index is 0. The molecule has 0 atom stereocenters. The molecule has 0 unspecified atom stereocenters. The molecule has 0 radical (unpaired) electrons. The monoisotopic (exact) mass is 354 g/mol. The number of hydrogen-bond donors (Lipinski definition) is 0. The Morgan fingerprint density at radius 3 is 1.00 bits per heavy atom. The molecule has 0 aliphatic rings. The predicted octanol–water partition coefficient (Wildman–Crippen LogP) is 1.95. The molecule has 0 saturated heterocycles. The molecule has 14 heteroatoms. The van der Waals surface area contributed by atoms with E-state index in [-0.39, 0.29) is 18.9 Å². The molecule has 0 bridgehead atoms. The molecule has 0 fully saturated rings. The normalized spacial score (nSPS) is 15.5. The maximum atomic E-state index is 12.7. The Morgan fingerprint density at radius 1 is 0.500 bits per heavy atom. The van der Waals surface area contributed by atoms with Crippen LogP contribution in [-0.2, 0) is 0 Å². The molecule has 0 spiro atoms. The van der Waals surface area contributed by atoms with Crippen molar-refractivity contribution in [1.82, 2.24) is 0 Å². The van der Waals surface area contributed by atoms with Crippen LogP contribution in [0.15, 0.2) is 0 Å². The fourth-order valence-electron chi connectivity index (χ4n) is 0.959. The van der Waals surface area contributed by atoms with E-state index in [4.69, 9.17) is 0 Å². The third-order valence-corrected chi connectivity index (χ3v) is 2.31. The van der Waals surface area contributed by atoms with Crippen molar-refractivity contribution in [2.24, 2.45) is 0 Å². The van der Waals surface area contributed by atoms with Crippen molar-refractivity contribution in [2.75, 3.05) is 0 Å². The van der Waals surface area contributed by atoms with E-state index in [1.165, 1.54) is 0 Å². The molecule has 0 amide bonds. The first-order chi connectivity index (χ1) is 8.81. The van der Waals surface area contributed by atoms with Crippen molar-refractivity contribution in [2.45, 2.75) is 42.2 Å². The second-order valence-corrected chi connectivity index (χ2v) is 3.75. The van der Waals surface area contributed by atoms with E-state index in [0.717, 1.165) is 0 Å². The largest absolute Gasteiger partial charge is 1.00 e. The van der Waals surface area contributed by atoms with E-state index in [0.29, 0.717) is 0 Å². The number of alkyl halides is 13. The van der Waals surface area contributed by atoms with Crippen LogP contribution >= 0.6 is 0 Å². The van der Waals surface area contributed by atoms with Gasteiger partial charge in [-0.05, 0) is 0 Å². The number of hydrogen-bond acceptors (Lipinski definition) is 0. The van der Waals surface area contributed by atoms with Gasteiger partial charge in [-0.25, -0.2) is 8.78 Å². The minimum Gasteiger partial charge on any atom is -0.337 e. The molecule has 0 aromatic carbocycles. The molecule has 0 aliphatic heterocycles. The summed E-state index contributed by atoms with van der Waals surface area (Å²) in [6.45, 7) is 2.01. The van der Waals surface area contributed by atoms with Crippen molar-refractivity contribution in [3.63, 3.8) is 0 Å². The third kappa shape index (κ3) is 3.02. The molecule has 0 nitrogen and oxygen atoms in total. The quantitative estimate of drug-likeness (QED) is 0.402. The smallest absolute Gasteiger partial charge is 0.337 e. The fraction of sp³-hybridized carbons (Fsp3) is 0.875. The van der Waals surface area contributed by atoms with Crippen molar-refractivity contribution >= 4 is 0 Å². The van der Waals surface area contributed by atoms with Gasteiger partial charge in [0.2, 0.25) is 0 Å². The van der Waals surface area contributed by atoms with Crippen LogP contribution in [0.2, 0.25) is 0 Å². The average molecular weight is 354 g/mol. The van der Waals surface area contributed by atoms with E-state index in [2.05, 4.69) is 0 Å². The van der Waals surface area contributed by atoms with Crippen molar-refractivity contribution < 1.29 is 75.9 Å². The van der Waals surface area contributed by atoms with Crippen LogP contribution in [-0.4, -0.2) is 35.8 Å². The van der Waals surface area contributed by atoms with Gasteiger partial charge in [0.25, 0.3) is 5.92 Å². The summed E-state index contributed by atoms with van der Waals surface area (Å²) in [5, 5.41) is 0. The van der Waals surface area contributed by atoms with Gasteiger partial charge in [-0.1, -0.05) is 0 Å². The molecule has 0 aromatic heterocycles. The SMILES string of the molecule is [CH2-]CC(F)(F)C(F)(F)C(F)(F)C(F)(F)C(F)(F)C(F)(F)F.[Li+]. The van der Waals surface area contributed by atoms with Crippen molar-refractivity contribution in [1.29, 1.82) is 0 Å². The number of rotatable bonds is 5. The number of halogens is 13. The van der Waals surface area contributed by atoms with Gasteiger partial charge in [-0.2, -0.15) is 48.3 Å². The average Bonchev–Trinajstić information content (AvgIpc) is 2.26. The molecular weight excluding hydrogens is 350 g/mol. The topological polar surface area (TPSA) is 0 Å². The van der Waals surface area contributed by atoms with E-state index in [1.807, 2.05) is 6.92 Å². The second-order valence-electron chi connectivity index (χ2n) is 3.75. The van der Waals surface area contributed by atoms with Gasteiger partial charge in [0.1, 0.15) is 0 Å². The Kier molecular flexibility index (Phi) is 6.48.